The minimum Gasteiger partial charge on any atom is -0.402 e. The molecular formula is C16H20N3OW-3. The van der Waals surface area contributed by atoms with Crippen molar-refractivity contribution in [1.29, 1.82) is 0 Å². The van der Waals surface area contributed by atoms with E-state index in [9.17, 15) is 4.79 Å². The molecule has 21 heavy (non-hydrogen) atoms. The fourth-order valence-electron chi connectivity index (χ4n) is 1.83. The smallest absolute Gasteiger partial charge is 0.223 e. The average Bonchev–Trinajstić information content (AvgIpc) is 2.89. The van der Waals surface area contributed by atoms with E-state index in [0.717, 1.165) is 17.1 Å². The van der Waals surface area contributed by atoms with Crippen molar-refractivity contribution in [3.63, 3.8) is 0 Å². The van der Waals surface area contributed by atoms with Gasteiger partial charge in [0.05, 0.1) is 6.42 Å². The Labute approximate surface area is 141 Å². The van der Waals surface area contributed by atoms with E-state index in [1.165, 1.54) is 0 Å². The van der Waals surface area contributed by atoms with Crippen molar-refractivity contribution < 1.29 is 25.9 Å². The van der Waals surface area contributed by atoms with Crippen LogP contribution in [-0.4, -0.2) is 33.9 Å². The van der Waals surface area contributed by atoms with Crippen LogP contribution in [0.1, 0.15) is 5.69 Å². The third-order valence-corrected chi connectivity index (χ3v) is 2.91. The molecule has 0 aliphatic rings. The number of carbonyl (C=O) groups is 1. The summed E-state index contributed by atoms with van der Waals surface area (Å²) in [7, 11) is 0. The Morgan fingerprint density at radius 1 is 1.19 bits per heavy atom. The number of carbonyl (C=O) groups excluding carboxylic acids is 1. The van der Waals surface area contributed by atoms with Gasteiger partial charge in [0, 0.05) is 38.5 Å². The van der Waals surface area contributed by atoms with Gasteiger partial charge < -0.3 is 31.2 Å². The molecule has 2 rings (SSSR count). The summed E-state index contributed by atoms with van der Waals surface area (Å²) in [6.07, 6.45) is 2.00. The maximum atomic E-state index is 11.9. The molecule has 0 bridgehead atoms. The van der Waals surface area contributed by atoms with Gasteiger partial charge in [-0.1, -0.05) is 30.3 Å². The normalized spacial score (nSPS) is 9.43. The summed E-state index contributed by atoms with van der Waals surface area (Å²) in [5.74, 6) is 0.785. The van der Waals surface area contributed by atoms with Gasteiger partial charge in [0.1, 0.15) is 5.82 Å². The Hall–Kier alpha value is -1.41. The van der Waals surface area contributed by atoms with Crippen LogP contribution >= 0.6 is 0 Å². The zero-order chi connectivity index (χ0) is 13.7. The topological polar surface area (TPSA) is 49.0 Å². The standard InChI is InChI=1S/C15H17N3O.CH3.W/c1-3-18(4-2)14(19)10-13-11-16-15(17-13)12-8-6-5-7-9-12;;/h5-9,11H,1-4,10H2,(H,16,17);1H3;/q-2;-1;. The van der Waals surface area contributed by atoms with E-state index in [1.807, 2.05) is 30.3 Å². The number of nitrogens with zero attached hydrogens (tertiary/aromatic N) is 2. The zero-order valence-corrected chi connectivity index (χ0v) is 15.1. The third kappa shape index (κ3) is 5.13. The first kappa shape index (κ1) is 19.6. The van der Waals surface area contributed by atoms with Crippen molar-refractivity contribution in [1.82, 2.24) is 14.9 Å². The Morgan fingerprint density at radius 2 is 1.81 bits per heavy atom. The van der Waals surface area contributed by atoms with Gasteiger partial charge in [-0.05, 0) is 0 Å². The number of hydrogen-bond donors (Lipinski definition) is 1. The van der Waals surface area contributed by atoms with Crippen molar-refractivity contribution >= 4 is 5.91 Å². The predicted octanol–water partition coefficient (Wildman–Crippen LogP) is 2.56. The van der Waals surface area contributed by atoms with Gasteiger partial charge in [-0.3, -0.25) is 4.79 Å². The number of hydrogen-bond acceptors (Lipinski definition) is 2. The van der Waals surface area contributed by atoms with Crippen LogP contribution in [0.3, 0.4) is 0 Å². The number of amides is 1. The predicted molar refractivity (Wildman–Crippen MR) is 81.4 cm³/mol. The number of benzene rings is 1. The van der Waals surface area contributed by atoms with Gasteiger partial charge in [0.25, 0.3) is 0 Å². The summed E-state index contributed by atoms with van der Waals surface area (Å²) in [4.78, 5) is 21.0. The number of H-pyrrole nitrogens is 1. The molecule has 4 nitrogen and oxygen atoms in total. The molecule has 0 fully saturated rings. The van der Waals surface area contributed by atoms with E-state index < -0.39 is 0 Å². The molecule has 114 valence electrons. The first-order chi connectivity index (χ1) is 9.24. The first-order valence-corrected chi connectivity index (χ1v) is 6.20. The second-order valence-electron chi connectivity index (χ2n) is 4.18. The molecule has 1 aromatic heterocycles. The fraction of sp³-hybridized carbons (Fsp3) is 0.188. The van der Waals surface area contributed by atoms with Crippen molar-refractivity contribution in [3.05, 3.63) is 63.5 Å². The van der Waals surface area contributed by atoms with Crippen LogP contribution in [-0.2, 0) is 32.3 Å². The molecule has 5 heteroatoms. The van der Waals surface area contributed by atoms with Crippen molar-refractivity contribution in [2.45, 2.75) is 6.42 Å². The number of rotatable bonds is 5. The molecule has 0 atom stereocenters. The average molecular weight is 454 g/mol. The number of imidazole rings is 1. The van der Waals surface area contributed by atoms with Gasteiger partial charge in [-0.25, -0.2) is 4.98 Å². The van der Waals surface area contributed by atoms with Crippen LogP contribution in [0, 0.1) is 21.3 Å². The molecule has 1 N–H and O–H groups in total. The van der Waals surface area contributed by atoms with Crippen LogP contribution in [0.2, 0.25) is 0 Å². The molecule has 0 aliphatic carbocycles. The van der Waals surface area contributed by atoms with Gasteiger partial charge in [0.2, 0.25) is 5.91 Å². The minimum atomic E-state index is 0. The Bertz CT molecular complexity index is 535. The largest absolute Gasteiger partial charge is 0.402 e. The van der Waals surface area contributed by atoms with Crippen LogP contribution in [0.5, 0.6) is 0 Å². The van der Waals surface area contributed by atoms with Crippen molar-refractivity contribution in [2.75, 3.05) is 13.1 Å². The van der Waals surface area contributed by atoms with E-state index in [4.69, 9.17) is 0 Å². The van der Waals surface area contributed by atoms with Crippen LogP contribution in [0.15, 0.2) is 36.5 Å². The zero-order valence-electron chi connectivity index (χ0n) is 12.2. The van der Waals surface area contributed by atoms with Gasteiger partial charge in [0.15, 0.2) is 0 Å². The maximum Gasteiger partial charge on any atom is 0.223 e. The van der Waals surface area contributed by atoms with E-state index in [2.05, 4.69) is 23.8 Å². The molecule has 0 saturated heterocycles. The second-order valence-corrected chi connectivity index (χ2v) is 4.18. The number of aromatic amines is 1. The number of nitrogens with one attached hydrogen (secondary N) is 1. The summed E-state index contributed by atoms with van der Waals surface area (Å²) in [6.45, 7) is 8.29. The van der Waals surface area contributed by atoms with Crippen molar-refractivity contribution in [3.8, 4) is 11.4 Å². The van der Waals surface area contributed by atoms with Crippen molar-refractivity contribution in [2.24, 2.45) is 0 Å². The van der Waals surface area contributed by atoms with Gasteiger partial charge in [-0.15, -0.1) is 13.1 Å². The van der Waals surface area contributed by atoms with E-state index >= 15 is 0 Å². The molecule has 0 saturated carbocycles. The maximum absolute atomic E-state index is 11.9. The Balaban J connectivity index is 0.00000200. The molecule has 0 aliphatic heterocycles. The summed E-state index contributed by atoms with van der Waals surface area (Å²) >= 11 is 0. The molecule has 1 heterocycles. The van der Waals surface area contributed by atoms with E-state index in [1.54, 1.807) is 11.1 Å². The Kier molecular flexibility index (Phi) is 8.87. The SMILES string of the molecule is [CH2-]CN(C[CH2-])C(=O)Cc1cnc(-c2ccccc2)[nH]1.[CH3-].[W]. The molecule has 2 aromatic rings. The van der Waals surface area contributed by atoms with Gasteiger partial charge >= 0.3 is 0 Å². The van der Waals surface area contributed by atoms with Crippen LogP contribution in [0.4, 0.5) is 0 Å². The molecule has 0 unspecified atom stereocenters. The summed E-state index contributed by atoms with van der Waals surface area (Å²) in [5, 5.41) is 0. The summed E-state index contributed by atoms with van der Waals surface area (Å²) in [6, 6.07) is 9.81. The van der Waals surface area contributed by atoms with E-state index in [-0.39, 0.29) is 34.4 Å². The summed E-state index contributed by atoms with van der Waals surface area (Å²) in [5.41, 5.74) is 1.81. The fourth-order valence-corrected chi connectivity index (χ4v) is 1.83. The number of aromatic nitrogens is 2. The molecule has 0 spiro atoms. The van der Waals surface area contributed by atoms with Crippen LogP contribution in [0.25, 0.3) is 11.4 Å². The monoisotopic (exact) mass is 454 g/mol. The second kappa shape index (κ2) is 9.51. The first-order valence-electron chi connectivity index (χ1n) is 6.20. The van der Waals surface area contributed by atoms with Gasteiger partial charge in [-0.2, -0.15) is 0 Å². The molecule has 0 radical (unpaired) electrons. The third-order valence-electron chi connectivity index (χ3n) is 2.91. The minimum absolute atomic E-state index is 0. The Morgan fingerprint density at radius 3 is 2.38 bits per heavy atom. The summed E-state index contributed by atoms with van der Waals surface area (Å²) < 4.78 is 0. The molecule has 1 aromatic carbocycles. The quantitative estimate of drug-likeness (QED) is 0.707. The molecule has 1 amide bonds. The van der Waals surface area contributed by atoms with Crippen LogP contribution < -0.4 is 0 Å². The molecular weight excluding hydrogens is 434 g/mol. The van der Waals surface area contributed by atoms with E-state index in [0.29, 0.717) is 19.5 Å².